The third-order valence-electron chi connectivity index (χ3n) is 6.39. The molecule has 1 amide bonds. The summed E-state index contributed by atoms with van der Waals surface area (Å²) in [7, 11) is 0. The van der Waals surface area contributed by atoms with Crippen LogP contribution in [0.4, 0.5) is 0 Å². The summed E-state index contributed by atoms with van der Waals surface area (Å²) in [6, 6.07) is 14.9. The normalized spacial score (nSPS) is 20.1. The number of carboxylic acid groups (broad SMARTS) is 1. The number of aliphatic carboxylic acids is 1. The molecule has 4 rings (SSSR count). The quantitative estimate of drug-likeness (QED) is 0.672. The molecule has 0 bridgehead atoms. The van der Waals surface area contributed by atoms with Gasteiger partial charge in [0.15, 0.2) is 17.5 Å². The number of nitrogens with one attached hydrogen (secondary N) is 1. The minimum atomic E-state index is -1.57. The van der Waals surface area contributed by atoms with Crippen LogP contribution in [0.3, 0.4) is 0 Å². The van der Waals surface area contributed by atoms with Gasteiger partial charge in [-0.05, 0) is 49.2 Å². The molecule has 0 aromatic heterocycles. The number of fused-ring (bicyclic) bond motifs is 2. The maximum absolute atomic E-state index is 13.6. The molecular weight excluding hydrogens is 432 g/mol. The summed E-state index contributed by atoms with van der Waals surface area (Å²) >= 11 is 6.13. The van der Waals surface area contributed by atoms with Crippen molar-refractivity contribution in [2.45, 2.75) is 24.8 Å². The molecule has 1 fully saturated rings. The number of hydrogen-bond acceptors (Lipinski definition) is 5. The second-order valence-electron chi connectivity index (χ2n) is 8.31. The van der Waals surface area contributed by atoms with Crippen molar-refractivity contribution in [1.82, 2.24) is 10.2 Å². The molecule has 7 nitrogen and oxygen atoms in total. The third kappa shape index (κ3) is 4.06. The van der Waals surface area contributed by atoms with E-state index in [4.69, 9.17) is 16.7 Å². The Morgan fingerprint density at radius 2 is 1.78 bits per heavy atom. The SMILES string of the molecule is O=C(O)CNC(=O)C1C(=O)c2cc(Cl)ccc2C2(CCN(Cc3ccccc3)CC2)C1=O. The highest BCUT2D eigenvalue weighted by Crippen LogP contribution is 2.45. The molecule has 8 heteroatoms. The van der Waals surface area contributed by atoms with E-state index in [1.165, 1.54) is 11.6 Å². The molecule has 2 N–H and O–H groups in total. The van der Waals surface area contributed by atoms with E-state index in [0.29, 0.717) is 36.5 Å². The average molecular weight is 455 g/mol. The zero-order chi connectivity index (χ0) is 22.9. The fraction of sp³-hybridized carbons (Fsp3) is 0.333. The van der Waals surface area contributed by atoms with E-state index in [1.54, 1.807) is 12.1 Å². The Bertz CT molecular complexity index is 1080. The summed E-state index contributed by atoms with van der Waals surface area (Å²) in [5, 5.41) is 11.4. The van der Waals surface area contributed by atoms with E-state index in [9.17, 15) is 19.2 Å². The largest absolute Gasteiger partial charge is 0.480 e. The summed E-state index contributed by atoms with van der Waals surface area (Å²) < 4.78 is 0. The first-order valence-electron chi connectivity index (χ1n) is 10.5. The molecule has 1 saturated heterocycles. The highest BCUT2D eigenvalue weighted by Gasteiger charge is 2.54. The van der Waals surface area contributed by atoms with Crippen LogP contribution in [-0.2, 0) is 26.3 Å². The van der Waals surface area contributed by atoms with E-state index in [2.05, 4.69) is 22.3 Å². The first-order chi connectivity index (χ1) is 15.3. The van der Waals surface area contributed by atoms with E-state index in [-0.39, 0.29) is 5.56 Å². The number of hydrogen-bond donors (Lipinski definition) is 2. The number of carboxylic acids is 1. The topological polar surface area (TPSA) is 104 Å². The fourth-order valence-corrected chi connectivity index (χ4v) is 4.95. The van der Waals surface area contributed by atoms with Crippen molar-refractivity contribution in [1.29, 1.82) is 0 Å². The van der Waals surface area contributed by atoms with E-state index < -0.39 is 41.3 Å². The Labute approximate surface area is 190 Å². The van der Waals surface area contributed by atoms with Gasteiger partial charge >= 0.3 is 5.97 Å². The van der Waals surface area contributed by atoms with Crippen LogP contribution in [0, 0.1) is 5.92 Å². The fourth-order valence-electron chi connectivity index (χ4n) is 4.77. The van der Waals surface area contributed by atoms with E-state index in [0.717, 1.165) is 6.54 Å². The minimum Gasteiger partial charge on any atom is -0.480 e. The zero-order valence-electron chi connectivity index (χ0n) is 17.3. The number of amides is 1. The lowest BCUT2D eigenvalue weighted by Crippen LogP contribution is -2.57. The Morgan fingerprint density at radius 1 is 1.09 bits per heavy atom. The molecule has 0 radical (unpaired) electrons. The average Bonchev–Trinajstić information content (AvgIpc) is 2.78. The molecule has 1 aliphatic carbocycles. The van der Waals surface area contributed by atoms with Gasteiger partial charge in [0, 0.05) is 17.1 Å². The Kier molecular flexibility index (Phi) is 6.13. The van der Waals surface area contributed by atoms with E-state index in [1.807, 2.05) is 18.2 Å². The van der Waals surface area contributed by atoms with Crippen LogP contribution in [-0.4, -0.2) is 53.1 Å². The van der Waals surface area contributed by atoms with Gasteiger partial charge in [-0.25, -0.2) is 0 Å². The smallest absolute Gasteiger partial charge is 0.322 e. The summed E-state index contributed by atoms with van der Waals surface area (Å²) in [5.41, 5.74) is 1.07. The lowest BCUT2D eigenvalue weighted by Gasteiger charge is -2.45. The van der Waals surface area contributed by atoms with Gasteiger partial charge in [-0.3, -0.25) is 24.1 Å². The van der Waals surface area contributed by atoms with Gasteiger partial charge in [0.05, 0.1) is 5.41 Å². The van der Waals surface area contributed by atoms with Crippen LogP contribution < -0.4 is 5.32 Å². The monoisotopic (exact) mass is 454 g/mol. The number of ketones is 2. The second-order valence-corrected chi connectivity index (χ2v) is 8.74. The first-order valence-corrected chi connectivity index (χ1v) is 10.8. The van der Waals surface area contributed by atoms with Crippen LogP contribution in [0.15, 0.2) is 48.5 Å². The van der Waals surface area contributed by atoms with Gasteiger partial charge in [0.25, 0.3) is 0 Å². The molecule has 1 unspecified atom stereocenters. The molecule has 2 aliphatic rings. The van der Waals surface area contributed by atoms with Gasteiger partial charge in [-0.2, -0.15) is 0 Å². The van der Waals surface area contributed by atoms with Crippen LogP contribution in [0.1, 0.15) is 34.3 Å². The minimum absolute atomic E-state index is 0.268. The maximum atomic E-state index is 13.6. The number of carbonyl (C=O) groups is 4. The van der Waals surface area contributed by atoms with Gasteiger partial charge in [0.2, 0.25) is 5.91 Å². The molecule has 1 spiro atoms. The zero-order valence-corrected chi connectivity index (χ0v) is 18.1. The van der Waals surface area contributed by atoms with Crippen molar-refractivity contribution in [3.63, 3.8) is 0 Å². The Morgan fingerprint density at radius 3 is 2.44 bits per heavy atom. The van der Waals surface area contributed by atoms with Crippen molar-refractivity contribution in [2.75, 3.05) is 19.6 Å². The van der Waals surface area contributed by atoms with Crippen molar-refractivity contribution in [2.24, 2.45) is 5.92 Å². The predicted molar refractivity (Wildman–Crippen MR) is 118 cm³/mol. The number of nitrogens with zero attached hydrogens (tertiary/aromatic N) is 1. The molecule has 1 heterocycles. The third-order valence-corrected chi connectivity index (χ3v) is 6.63. The number of rotatable bonds is 5. The summed E-state index contributed by atoms with van der Waals surface area (Å²) in [6.07, 6.45) is 0.923. The molecular formula is C24H23ClN2O5. The summed E-state index contributed by atoms with van der Waals surface area (Å²) in [4.78, 5) is 52.5. The molecule has 32 heavy (non-hydrogen) atoms. The van der Waals surface area contributed by atoms with Crippen LogP contribution >= 0.6 is 11.6 Å². The van der Waals surface area contributed by atoms with Crippen molar-refractivity contribution in [3.05, 3.63) is 70.2 Å². The molecule has 1 atom stereocenters. The van der Waals surface area contributed by atoms with Gasteiger partial charge in [0.1, 0.15) is 6.54 Å². The second kappa shape index (κ2) is 8.84. The number of piperidine rings is 1. The Hall–Kier alpha value is -3.03. The lowest BCUT2D eigenvalue weighted by atomic mass is 9.60. The number of carbonyl (C=O) groups excluding carboxylic acids is 3. The number of benzene rings is 2. The molecule has 166 valence electrons. The first kappa shape index (κ1) is 22.2. The van der Waals surface area contributed by atoms with Crippen molar-refractivity contribution in [3.8, 4) is 0 Å². The van der Waals surface area contributed by atoms with Crippen molar-refractivity contribution < 1.29 is 24.3 Å². The highest BCUT2D eigenvalue weighted by atomic mass is 35.5. The highest BCUT2D eigenvalue weighted by molar-refractivity contribution is 6.33. The standard InChI is InChI=1S/C24H23ClN2O5/c25-16-6-7-18-17(12-16)21(30)20(23(32)26-13-19(28)29)22(31)24(18)8-10-27(11-9-24)14-15-4-2-1-3-5-15/h1-7,12,20H,8-11,13-14H2,(H,26,32)(H,28,29). The number of likely N-dealkylation sites (tertiary alicyclic amines) is 1. The summed E-state index contributed by atoms with van der Waals surface area (Å²) in [5.74, 6) is -4.78. The predicted octanol–water partition coefficient (Wildman–Crippen LogP) is 2.46. The summed E-state index contributed by atoms with van der Waals surface area (Å²) in [6.45, 7) is 1.34. The Balaban J connectivity index is 1.64. The van der Waals surface area contributed by atoms with Gasteiger partial charge < -0.3 is 10.4 Å². The molecule has 1 aliphatic heterocycles. The number of halogens is 1. The number of Topliss-reactive ketones (excluding diaryl/α,β-unsaturated/α-hetero) is 2. The van der Waals surface area contributed by atoms with Crippen LogP contribution in [0.5, 0.6) is 0 Å². The van der Waals surface area contributed by atoms with Crippen LogP contribution in [0.25, 0.3) is 0 Å². The van der Waals surface area contributed by atoms with Crippen molar-refractivity contribution >= 4 is 35.0 Å². The maximum Gasteiger partial charge on any atom is 0.322 e. The lowest BCUT2D eigenvalue weighted by molar-refractivity contribution is -0.141. The molecule has 0 saturated carbocycles. The molecule has 2 aromatic carbocycles. The van der Waals surface area contributed by atoms with E-state index >= 15 is 0 Å². The van der Waals surface area contributed by atoms with Gasteiger partial charge in [-0.1, -0.05) is 48.0 Å². The molecule has 2 aromatic rings. The van der Waals surface area contributed by atoms with Crippen LogP contribution in [0.2, 0.25) is 5.02 Å². The van der Waals surface area contributed by atoms with Gasteiger partial charge in [-0.15, -0.1) is 0 Å².